The molecule has 30 heavy (non-hydrogen) atoms. The van der Waals surface area contributed by atoms with Crippen LogP contribution in [0.5, 0.6) is 5.75 Å². The first-order valence-corrected chi connectivity index (χ1v) is 9.79. The first kappa shape index (κ1) is 20.0. The van der Waals surface area contributed by atoms with Crippen molar-refractivity contribution in [2.24, 2.45) is 0 Å². The van der Waals surface area contributed by atoms with Gasteiger partial charge < -0.3 is 15.4 Å². The molecule has 2 aromatic heterocycles. The zero-order valence-corrected chi connectivity index (χ0v) is 16.3. The zero-order valence-electron chi connectivity index (χ0n) is 16.3. The lowest BCUT2D eigenvalue weighted by Gasteiger charge is -2.23. The molecule has 0 aliphatic carbocycles. The SMILES string of the molecule is C=Cc1nc2c(OCc3c(F)cccc3F)cccn2c1C(=O)N[C@H]1CCCNC1. The van der Waals surface area contributed by atoms with E-state index >= 15 is 0 Å². The van der Waals surface area contributed by atoms with E-state index in [9.17, 15) is 13.6 Å². The highest BCUT2D eigenvalue weighted by Gasteiger charge is 2.23. The number of rotatable bonds is 6. The molecule has 1 aliphatic rings. The molecule has 0 bridgehead atoms. The van der Waals surface area contributed by atoms with Gasteiger partial charge in [-0.2, -0.15) is 0 Å². The van der Waals surface area contributed by atoms with Crippen molar-refractivity contribution in [3.8, 4) is 5.75 Å². The standard InChI is InChI=1S/C22H22F2N4O2/c1-2-18-20(22(29)26-14-6-4-10-25-12-14)28-11-5-9-19(21(28)27-18)30-13-15-16(23)7-3-8-17(15)24/h2-3,5,7-9,11,14,25H,1,4,6,10,12-13H2,(H,26,29)/t14-/m0/s1. The van der Waals surface area contributed by atoms with Gasteiger partial charge in [-0.25, -0.2) is 13.8 Å². The fourth-order valence-electron chi connectivity index (χ4n) is 3.59. The summed E-state index contributed by atoms with van der Waals surface area (Å²) in [6.45, 7) is 5.12. The zero-order chi connectivity index (χ0) is 21.1. The summed E-state index contributed by atoms with van der Waals surface area (Å²) >= 11 is 0. The Kier molecular flexibility index (Phi) is 5.76. The second-order valence-corrected chi connectivity index (χ2v) is 7.12. The summed E-state index contributed by atoms with van der Waals surface area (Å²) in [4.78, 5) is 17.4. The number of nitrogens with zero attached hydrogens (tertiary/aromatic N) is 2. The third kappa shape index (κ3) is 3.91. The Labute approximate surface area is 172 Å². The highest BCUT2D eigenvalue weighted by Crippen LogP contribution is 2.25. The second kappa shape index (κ2) is 8.62. The maximum absolute atomic E-state index is 13.9. The summed E-state index contributed by atoms with van der Waals surface area (Å²) in [5.41, 5.74) is 0.950. The summed E-state index contributed by atoms with van der Waals surface area (Å²) in [6.07, 6.45) is 5.10. The number of imidazole rings is 1. The van der Waals surface area contributed by atoms with E-state index in [4.69, 9.17) is 4.74 Å². The molecule has 1 fully saturated rings. The first-order chi connectivity index (χ1) is 14.6. The van der Waals surface area contributed by atoms with Crippen molar-refractivity contribution in [1.82, 2.24) is 20.0 Å². The van der Waals surface area contributed by atoms with Crippen molar-refractivity contribution < 1.29 is 18.3 Å². The topological polar surface area (TPSA) is 67.7 Å². The molecular weight excluding hydrogens is 390 g/mol. The summed E-state index contributed by atoms with van der Waals surface area (Å²) in [7, 11) is 0. The van der Waals surface area contributed by atoms with Crippen LogP contribution in [0, 0.1) is 11.6 Å². The first-order valence-electron chi connectivity index (χ1n) is 9.79. The molecule has 3 heterocycles. The van der Waals surface area contributed by atoms with Crippen molar-refractivity contribution in [2.45, 2.75) is 25.5 Å². The average molecular weight is 412 g/mol. The van der Waals surface area contributed by atoms with Crippen LogP contribution in [0.4, 0.5) is 8.78 Å². The molecule has 8 heteroatoms. The maximum Gasteiger partial charge on any atom is 0.270 e. The number of halogens is 2. The van der Waals surface area contributed by atoms with Gasteiger partial charge in [-0.3, -0.25) is 9.20 Å². The molecule has 4 rings (SSSR count). The van der Waals surface area contributed by atoms with Gasteiger partial charge >= 0.3 is 0 Å². The molecule has 6 nitrogen and oxygen atoms in total. The largest absolute Gasteiger partial charge is 0.485 e. The summed E-state index contributed by atoms with van der Waals surface area (Å²) in [6, 6.07) is 7.02. The van der Waals surface area contributed by atoms with Crippen molar-refractivity contribution in [3.63, 3.8) is 0 Å². The monoisotopic (exact) mass is 412 g/mol. The van der Waals surface area contributed by atoms with Crippen molar-refractivity contribution >= 4 is 17.6 Å². The molecule has 2 N–H and O–H groups in total. The molecule has 0 saturated carbocycles. The minimum atomic E-state index is -0.682. The Morgan fingerprint density at radius 2 is 2.13 bits per heavy atom. The Bertz CT molecular complexity index is 1070. The fourth-order valence-corrected chi connectivity index (χ4v) is 3.59. The molecule has 0 radical (unpaired) electrons. The van der Waals surface area contributed by atoms with Crippen LogP contribution in [0.15, 0.2) is 43.1 Å². The van der Waals surface area contributed by atoms with Crippen LogP contribution in [-0.2, 0) is 6.61 Å². The van der Waals surface area contributed by atoms with Gasteiger partial charge in [0.05, 0.1) is 11.3 Å². The van der Waals surface area contributed by atoms with E-state index in [1.54, 1.807) is 22.7 Å². The van der Waals surface area contributed by atoms with Gasteiger partial charge in [0.25, 0.3) is 5.91 Å². The summed E-state index contributed by atoms with van der Waals surface area (Å²) in [5.74, 6) is -1.32. The Balaban J connectivity index is 1.63. The average Bonchev–Trinajstić information content (AvgIpc) is 3.13. The van der Waals surface area contributed by atoms with E-state index in [-0.39, 0.29) is 24.1 Å². The van der Waals surface area contributed by atoms with Crippen LogP contribution in [0.2, 0.25) is 0 Å². The number of benzene rings is 1. The number of aromatic nitrogens is 2. The minimum Gasteiger partial charge on any atom is -0.485 e. The molecule has 1 saturated heterocycles. The number of fused-ring (bicyclic) bond motifs is 1. The van der Waals surface area contributed by atoms with Crippen LogP contribution in [0.1, 0.15) is 34.6 Å². The van der Waals surface area contributed by atoms with E-state index in [0.29, 0.717) is 29.3 Å². The van der Waals surface area contributed by atoms with E-state index in [0.717, 1.165) is 19.4 Å². The molecule has 1 aliphatic heterocycles. The predicted molar refractivity (Wildman–Crippen MR) is 109 cm³/mol. The van der Waals surface area contributed by atoms with Gasteiger partial charge in [0, 0.05) is 18.8 Å². The van der Waals surface area contributed by atoms with Gasteiger partial charge in [-0.05, 0) is 49.7 Å². The molecule has 156 valence electrons. The van der Waals surface area contributed by atoms with Crippen LogP contribution >= 0.6 is 0 Å². The number of hydrogen-bond acceptors (Lipinski definition) is 4. The van der Waals surface area contributed by atoms with E-state index in [1.807, 2.05) is 0 Å². The summed E-state index contributed by atoms with van der Waals surface area (Å²) in [5, 5.41) is 6.29. The third-order valence-electron chi connectivity index (χ3n) is 5.12. The Morgan fingerprint density at radius 1 is 1.33 bits per heavy atom. The fraction of sp³-hybridized carbons (Fsp3) is 0.273. The second-order valence-electron chi connectivity index (χ2n) is 7.12. The molecule has 3 aromatic rings. The minimum absolute atomic E-state index is 0.0397. The highest BCUT2D eigenvalue weighted by molar-refractivity contribution is 5.97. The number of amides is 1. The number of nitrogens with one attached hydrogen (secondary N) is 2. The van der Waals surface area contributed by atoms with E-state index in [2.05, 4.69) is 22.2 Å². The maximum atomic E-state index is 13.9. The number of carbonyl (C=O) groups excluding carboxylic acids is 1. The normalized spacial score (nSPS) is 16.4. The van der Waals surface area contributed by atoms with E-state index in [1.165, 1.54) is 24.3 Å². The molecule has 0 spiro atoms. The number of carbonyl (C=O) groups is 1. The van der Waals surface area contributed by atoms with Crippen molar-refractivity contribution in [2.75, 3.05) is 13.1 Å². The molecular formula is C22H22F2N4O2. The lowest BCUT2D eigenvalue weighted by molar-refractivity contribution is 0.0924. The molecule has 1 amide bonds. The molecule has 1 atom stereocenters. The van der Waals surface area contributed by atoms with Crippen LogP contribution in [-0.4, -0.2) is 34.4 Å². The van der Waals surface area contributed by atoms with Crippen molar-refractivity contribution in [3.05, 3.63) is 71.7 Å². The number of piperidine rings is 1. The van der Waals surface area contributed by atoms with Gasteiger partial charge in [0.15, 0.2) is 11.4 Å². The Morgan fingerprint density at radius 3 is 2.83 bits per heavy atom. The number of ether oxygens (including phenoxy) is 1. The van der Waals surface area contributed by atoms with Gasteiger partial charge in [-0.15, -0.1) is 0 Å². The quantitative estimate of drug-likeness (QED) is 0.652. The number of hydrogen-bond donors (Lipinski definition) is 2. The van der Waals surface area contributed by atoms with Crippen molar-refractivity contribution in [1.29, 1.82) is 0 Å². The van der Waals surface area contributed by atoms with Gasteiger partial charge in [0.2, 0.25) is 0 Å². The van der Waals surface area contributed by atoms with Crippen LogP contribution in [0.3, 0.4) is 0 Å². The highest BCUT2D eigenvalue weighted by atomic mass is 19.1. The smallest absolute Gasteiger partial charge is 0.270 e. The molecule has 0 unspecified atom stereocenters. The molecule has 1 aromatic carbocycles. The third-order valence-corrected chi connectivity index (χ3v) is 5.12. The Hall–Kier alpha value is -3.26. The van der Waals surface area contributed by atoms with Gasteiger partial charge in [-0.1, -0.05) is 12.6 Å². The lowest BCUT2D eigenvalue weighted by Crippen LogP contribution is -2.46. The van der Waals surface area contributed by atoms with Crippen LogP contribution in [0.25, 0.3) is 11.7 Å². The van der Waals surface area contributed by atoms with E-state index < -0.39 is 11.6 Å². The van der Waals surface area contributed by atoms with Gasteiger partial charge in [0.1, 0.15) is 23.9 Å². The lowest BCUT2D eigenvalue weighted by atomic mass is 10.1. The summed E-state index contributed by atoms with van der Waals surface area (Å²) < 4.78 is 35.1. The predicted octanol–water partition coefficient (Wildman–Crippen LogP) is 3.32. The van der Waals surface area contributed by atoms with Crippen LogP contribution < -0.4 is 15.4 Å². The number of pyridine rings is 1.